The lowest BCUT2D eigenvalue weighted by Crippen LogP contribution is -2.15. The quantitative estimate of drug-likeness (QED) is 0.348. The van der Waals surface area contributed by atoms with Crippen molar-refractivity contribution >= 4 is 30.1 Å². The second kappa shape index (κ2) is 3.75. The standard InChI is InChI=1S/C5H12Cl2Si/c1-8(2,7)5-3-4-6/h3-5H2,1-2H3. The van der Waals surface area contributed by atoms with Crippen molar-refractivity contribution in [3.05, 3.63) is 0 Å². The zero-order valence-corrected chi connectivity index (χ0v) is 7.89. The molecule has 0 rings (SSSR count). The van der Waals surface area contributed by atoms with Crippen LogP contribution < -0.4 is 0 Å². The third-order valence-electron chi connectivity index (χ3n) is 0.905. The van der Waals surface area contributed by atoms with Gasteiger partial charge in [-0.25, -0.2) is 0 Å². The minimum atomic E-state index is -1.29. The molecule has 0 aliphatic heterocycles. The molecule has 0 saturated carbocycles. The van der Waals surface area contributed by atoms with Crippen molar-refractivity contribution in [2.45, 2.75) is 25.6 Å². The summed E-state index contributed by atoms with van der Waals surface area (Å²) in [5, 5.41) is 0. The van der Waals surface area contributed by atoms with Gasteiger partial charge in [-0.3, -0.25) is 0 Å². The molecule has 0 aromatic rings. The zero-order valence-electron chi connectivity index (χ0n) is 5.38. The second-order valence-electron chi connectivity index (χ2n) is 2.51. The fourth-order valence-electron chi connectivity index (χ4n) is 0.487. The van der Waals surface area contributed by atoms with Gasteiger partial charge >= 0.3 is 0 Å². The van der Waals surface area contributed by atoms with Crippen LogP contribution in [-0.4, -0.2) is 13.3 Å². The van der Waals surface area contributed by atoms with Crippen LogP contribution in [0.25, 0.3) is 0 Å². The summed E-state index contributed by atoms with van der Waals surface area (Å²) in [4.78, 5) is 0. The molecule has 0 radical (unpaired) electrons. The predicted molar refractivity (Wildman–Crippen MR) is 43.5 cm³/mol. The van der Waals surface area contributed by atoms with Gasteiger partial charge in [0.2, 0.25) is 0 Å². The minimum Gasteiger partial charge on any atom is -0.168 e. The summed E-state index contributed by atoms with van der Waals surface area (Å²) in [6.07, 6.45) is 1.07. The second-order valence-corrected chi connectivity index (χ2v) is 9.90. The summed E-state index contributed by atoms with van der Waals surface area (Å²) in [5.74, 6) is 0.753. The van der Waals surface area contributed by atoms with Gasteiger partial charge in [-0.2, -0.15) is 11.1 Å². The van der Waals surface area contributed by atoms with E-state index in [0.717, 1.165) is 18.3 Å². The molecule has 0 aromatic heterocycles. The minimum absolute atomic E-state index is 0.753. The summed E-state index contributed by atoms with van der Waals surface area (Å²) < 4.78 is 0. The molecule has 0 unspecified atom stereocenters. The van der Waals surface area contributed by atoms with Gasteiger partial charge in [-0.05, 0) is 12.5 Å². The molecule has 0 fully saturated rings. The summed E-state index contributed by atoms with van der Waals surface area (Å²) in [5.41, 5.74) is 0. The van der Waals surface area contributed by atoms with Crippen molar-refractivity contribution in [1.29, 1.82) is 0 Å². The van der Waals surface area contributed by atoms with Crippen LogP contribution in [0.3, 0.4) is 0 Å². The molecule has 0 bridgehead atoms. The summed E-state index contributed by atoms with van der Waals surface area (Å²) >= 11 is 11.5. The topological polar surface area (TPSA) is 0 Å². The third kappa shape index (κ3) is 6.80. The summed E-state index contributed by atoms with van der Waals surface area (Å²) in [7, 11) is -1.29. The van der Waals surface area contributed by atoms with E-state index in [1.54, 1.807) is 0 Å². The van der Waals surface area contributed by atoms with E-state index in [4.69, 9.17) is 22.7 Å². The van der Waals surface area contributed by atoms with Gasteiger partial charge in [0.05, 0.1) is 0 Å². The van der Waals surface area contributed by atoms with Crippen LogP contribution >= 0.6 is 22.7 Å². The van der Waals surface area contributed by atoms with Gasteiger partial charge in [-0.15, -0.1) is 11.6 Å². The fraction of sp³-hybridized carbons (Fsp3) is 1.00. The fourth-order valence-corrected chi connectivity index (χ4v) is 2.26. The lowest BCUT2D eigenvalue weighted by atomic mass is 10.6. The normalized spacial score (nSPS) is 12.0. The first kappa shape index (κ1) is 8.80. The molecule has 0 aliphatic carbocycles. The Morgan fingerprint density at radius 1 is 1.38 bits per heavy atom. The van der Waals surface area contributed by atoms with Crippen LogP contribution in [0.15, 0.2) is 0 Å². The molecule has 0 aliphatic rings. The van der Waals surface area contributed by atoms with Gasteiger partial charge in [0.1, 0.15) is 0 Å². The summed E-state index contributed by atoms with van der Waals surface area (Å²) in [6.45, 7) is 4.28. The Morgan fingerprint density at radius 2 is 1.88 bits per heavy atom. The maximum absolute atomic E-state index is 5.99. The van der Waals surface area contributed by atoms with E-state index in [1.165, 1.54) is 0 Å². The first-order valence-electron chi connectivity index (χ1n) is 2.81. The third-order valence-corrected chi connectivity index (χ3v) is 3.28. The average Bonchev–Trinajstić information content (AvgIpc) is 1.59. The Morgan fingerprint density at radius 3 is 2.00 bits per heavy atom. The Kier molecular flexibility index (Phi) is 4.13. The van der Waals surface area contributed by atoms with Crippen LogP contribution in [0.2, 0.25) is 19.1 Å². The Hall–Kier alpha value is 0.797. The Balaban J connectivity index is 3.11. The lowest BCUT2D eigenvalue weighted by Gasteiger charge is -2.09. The van der Waals surface area contributed by atoms with Crippen molar-refractivity contribution in [2.75, 3.05) is 5.88 Å². The molecule has 0 heterocycles. The predicted octanol–water partition coefficient (Wildman–Crippen LogP) is 3.06. The van der Waals surface area contributed by atoms with E-state index in [2.05, 4.69) is 13.1 Å². The average molecular weight is 171 g/mol. The van der Waals surface area contributed by atoms with E-state index < -0.39 is 7.38 Å². The molecule has 3 heteroatoms. The maximum atomic E-state index is 5.99. The van der Waals surface area contributed by atoms with Crippen LogP contribution in [0, 0.1) is 0 Å². The van der Waals surface area contributed by atoms with E-state index in [-0.39, 0.29) is 0 Å². The van der Waals surface area contributed by atoms with Gasteiger partial charge in [0, 0.05) is 5.88 Å². The van der Waals surface area contributed by atoms with Gasteiger partial charge in [0.25, 0.3) is 0 Å². The Bertz CT molecular complexity index is 57.9. The largest absolute Gasteiger partial charge is 0.168 e. The SMILES string of the molecule is C[Si](C)(Cl)CCCCl. The van der Waals surface area contributed by atoms with E-state index in [0.29, 0.717) is 0 Å². The van der Waals surface area contributed by atoms with Gasteiger partial charge in [-0.1, -0.05) is 13.1 Å². The van der Waals surface area contributed by atoms with Crippen molar-refractivity contribution in [2.24, 2.45) is 0 Å². The first-order valence-corrected chi connectivity index (χ1v) is 7.56. The van der Waals surface area contributed by atoms with Crippen molar-refractivity contribution in [3.8, 4) is 0 Å². The molecule has 50 valence electrons. The first-order chi connectivity index (χ1) is 3.56. The number of hydrogen-bond acceptors (Lipinski definition) is 0. The molecule has 8 heavy (non-hydrogen) atoms. The van der Waals surface area contributed by atoms with Gasteiger partial charge in [0.15, 0.2) is 7.38 Å². The molecule has 0 aromatic carbocycles. The molecular weight excluding hydrogens is 159 g/mol. The monoisotopic (exact) mass is 170 g/mol. The van der Waals surface area contributed by atoms with Crippen LogP contribution in [0.1, 0.15) is 6.42 Å². The van der Waals surface area contributed by atoms with Crippen LogP contribution in [-0.2, 0) is 0 Å². The molecule has 0 spiro atoms. The zero-order chi connectivity index (χ0) is 6.62. The maximum Gasteiger partial charge on any atom is 0.150 e. The van der Waals surface area contributed by atoms with E-state index in [9.17, 15) is 0 Å². The van der Waals surface area contributed by atoms with Crippen molar-refractivity contribution in [3.63, 3.8) is 0 Å². The molecule has 0 N–H and O–H groups in total. The number of alkyl halides is 1. The van der Waals surface area contributed by atoms with E-state index in [1.807, 2.05) is 0 Å². The molecule has 0 atom stereocenters. The molecule has 0 saturated heterocycles. The molecule has 0 amide bonds. The number of rotatable bonds is 3. The highest BCUT2D eigenvalue weighted by molar-refractivity contribution is 7.19. The smallest absolute Gasteiger partial charge is 0.150 e. The summed E-state index contributed by atoms with van der Waals surface area (Å²) in [6, 6.07) is 1.14. The van der Waals surface area contributed by atoms with Crippen molar-refractivity contribution < 1.29 is 0 Å². The van der Waals surface area contributed by atoms with E-state index >= 15 is 0 Å². The van der Waals surface area contributed by atoms with Gasteiger partial charge < -0.3 is 0 Å². The number of hydrogen-bond donors (Lipinski definition) is 0. The lowest BCUT2D eigenvalue weighted by molar-refractivity contribution is 1.07. The highest BCUT2D eigenvalue weighted by Crippen LogP contribution is 2.16. The highest BCUT2D eigenvalue weighted by atomic mass is 35.6. The highest BCUT2D eigenvalue weighted by Gasteiger charge is 2.14. The van der Waals surface area contributed by atoms with Crippen LogP contribution in [0.4, 0.5) is 0 Å². The molecular formula is C5H12Cl2Si. The molecule has 0 nitrogen and oxygen atoms in total. The Labute approximate surface area is 61.9 Å². The number of halogens is 2. The van der Waals surface area contributed by atoms with Crippen molar-refractivity contribution in [1.82, 2.24) is 0 Å². The van der Waals surface area contributed by atoms with Crippen LogP contribution in [0.5, 0.6) is 0 Å².